The van der Waals surface area contributed by atoms with E-state index in [9.17, 15) is 9.59 Å². The lowest BCUT2D eigenvalue weighted by Crippen LogP contribution is -2.46. The van der Waals surface area contributed by atoms with Crippen molar-refractivity contribution in [3.05, 3.63) is 21.9 Å². The van der Waals surface area contributed by atoms with Crippen LogP contribution in [0.15, 0.2) is 11.4 Å². The van der Waals surface area contributed by atoms with Gasteiger partial charge in [-0.25, -0.2) is 0 Å². The van der Waals surface area contributed by atoms with Crippen LogP contribution in [0.2, 0.25) is 0 Å². The monoisotopic (exact) mass is 324 g/mol. The predicted octanol–water partition coefficient (Wildman–Crippen LogP) is 0.666. The van der Waals surface area contributed by atoms with Crippen molar-refractivity contribution in [3.8, 4) is 0 Å². The van der Waals surface area contributed by atoms with E-state index in [1.807, 2.05) is 6.07 Å². The Morgan fingerprint density at radius 2 is 2.23 bits per heavy atom. The summed E-state index contributed by atoms with van der Waals surface area (Å²) in [5, 5.41) is 4.77. The smallest absolute Gasteiger partial charge is 0.249 e. The van der Waals surface area contributed by atoms with Gasteiger partial charge in [0.25, 0.3) is 0 Å². The van der Waals surface area contributed by atoms with Crippen LogP contribution in [0.4, 0.5) is 0 Å². The Labute approximate surface area is 134 Å². The summed E-state index contributed by atoms with van der Waals surface area (Å²) in [6, 6.07) is 2.21. The molecule has 0 aliphatic carbocycles. The summed E-state index contributed by atoms with van der Waals surface area (Å²) >= 11 is 1.56. The van der Waals surface area contributed by atoms with Gasteiger partial charge in [0, 0.05) is 42.4 Å². The van der Waals surface area contributed by atoms with Crippen molar-refractivity contribution in [1.82, 2.24) is 10.2 Å². The van der Waals surface area contributed by atoms with Crippen molar-refractivity contribution in [1.29, 1.82) is 0 Å². The highest BCUT2D eigenvalue weighted by atomic mass is 32.1. The fraction of sp³-hybridized carbons (Fsp3) is 0.600. The first-order valence-corrected chi connectivity index (χ1v) is 8.56. The van der Waals surface area contributed by atoms with Crippen molar-refractivity contribution in [2.45, 2.75) is 38.3 Å². The third-order valence-corrected chi connectivity index (χ3v) is 4.87. The number of rotatable bonds is 7. The second-order valence-corrected chi connectivity index (χ2v) is 6.62. The van der Waals surface area contributed by atoms with Crippen LogP contribution in [0, 0.1) is 0 Å². The third kappa shape index (κ3) is 4.79. The first-order valence-electron chi connectivity index (χ1n) is 7.68. The second-order valence-electron chi connectivity index (χ2n) is 5.63. The number of primary amides is 1. The molecule has 6 nitrogen and oxygen atoms in total. The molecule has 122 valence electrons. The van der Waals surface area contributed by atoms with E-state index in [2.05, 4.69) is 10.2 Å². The number of nitrogens with one attached hydrogen (secondary N) is 1. The predicted molar refractivity (Wildman–Crippen MR) is 87.6 cm³/mol. The number of nitrogens with zero attached hydrogens (tertiary/aromatic N) is 1. The number of likely N-dealkylation sites (tertiary alicyclic amines) is 1. The van der Waals surface area contributed by atoms with Crippen LogP contribution in [0.5, 0.6) is 0 Å². The Kier molecular flexibility index (Phi) is 6.35. The minimum absolute atomic E-state index is 0.0140. The number of hydrogen-bond acceptors (Lipinski definition) is 5. The number of amides is 2. The average Bonchev–Trinajstić information content (AvgIpc) is 2.95. The summed E-state index contributed by atoms with van der Waals surface area (Å²) in [5.41, 5.74) is 11.3. The summed E-state index contributed by atoms with van der Waals surface area (Å²) in [6.07, 6.45) is 3.81. The molecule has 1 aromatic heterocycles. The van der Waals surface area contributed by atoms with Gasteiger partial charge >= 0.3 is 0 Å². The number of piperidine rings is 1. The zero-order valence-electron chi connectivity index (χ0n) is 12.7. The highest BCUT2D eigenvalue weighted by Gasteiger charge is 2.23. The first-order chi connectivity index (χ1) is 10.6. The average molecular weight is 324 g/mol. The highest BCUT2D eigenvalue weighted by Crippen LogP contribution is 2.22. The fourth-order valence-corrected chi connectivity index (χ4v) is 3.64. The standard InChI is InChI=1S/C15H24N4O2S/c16-5-4-14(20)18-8-12-3-1-2-6-19(12)9-13-7-11(10-22-13)15(17)21/h7,10,12H,1-6,8-9,16H2,(H2,17,21)(H,18,20). The molecule has 22 heavy (non-hydrogen) atoms. The molecule has 0 bridgehead atoms. The van der Waals surface area contributed by atoms with Crippen molar-refractivity contribution in [3.63, 3.8) is 0 Å². The van der Waals surface area contributed by atoms with Crippen LogP contribution in [0.25, 0.3) is 0 Å². The van der Waals surface area contributed by atoms with E-state index in [-0.39, 0.29) is 11.8 Å². The topological polar surface area (TPSA) is 101 Å². The van der Waals surface area contributed by atoms with Gasteiger partial charge in [0.05, 0.1) is 5.56 Å². The molecule has 1 aliphatic heterocycles. The maximum Gasteiger partial charge on any atom is 0.249 e. The molecule has 0 spiro atoms. The zero-order chi connectivity index (χ0) is 15.9. The molecule has 2 amide bonds. The van der Waals surface area contributed by atoms with Crippen LogP contribution in [0.3, 0.4) is 0 Å². The van der Waals surface area contributed by atoms with Crippen LogP contribution < -0.4 is 16.8 Å². The maximum atomic E-state index is 11.6. The Bertz CT molecular complexity index is 517. The third-order valence-electron chi connectivity index (χ3n) is 3.95. The Morgan fingerprint density at radius 3 is 2.91 bits per heavy atom. The molecule has 0 saturated carbocycles. The van der Waals surface area contributed by atoms with Gasteiger partial charge in [0.1, 0.15) is 0 Å². The normalized spacial score (nSPS) is 19.0. The molecular weight excluding hydrogens is 300 g/mol. The van der Waals surface area contributed by atoms with Crippen LogP contribution in [0.1, 0.15) is 40.9 Å². The minimum atomic E-state index is -0.383. The quantitative estimate of drug-likeness (QED) is 0.686. The van der Waals surface area contributed by atoms with Crippen molar-refractivity contribution >= 4 is 23.2 Å². The second kappa shape index (κ2) is 8.26. The van der Waals surface area contributed by atoms with Gasteiger partial charge in [-0.3, -0.25) is 14.5 Å². The highest BCUT2D eigenvalue weighted by molar-refractivity contribution is 7.10. The number of carbonyl (C=O) groups is 2. The van der Waals surface area contributed by atoms with Crippen molar-refractivity contribution in [2.75, 3.05) is 19.6 Å². The molecule has 1 atom stereocenters. The lowest BCUT2D eigenvalue weighted by atomic mass is 10.0. The lowest BCUT2D eigenvalue weighted by molar-refractivity contribution is -0.121. The number of carbonyl (C=O) groups excluding carboxylic acids is 2. The molecule has 5 N–H and O–H groups in total. The molecule has 1 aliphatic rings. The molecule has 1 saturated heterocycles. The minimum Gasteiger partial charge on any atom is -0.366 e. The van der Waals surface area contributed by atoms with Gasteiger partial charge in [-0.05, 0) is 25.5 Å². The summed E-state index contributed by atoms with van der Waals surface area (Å²) < 4.78 is 0. The van der Waals surface area contributed by atoms with Crippen LogP contribution in [-0.2, 0) is 11.3 Å². The summed E-state index contributed by atoms with van der Waals surface area (Å²) in [6.45, 7) is 2.86. The van der Waals surface area contributed by atoms with Gasteiger partial charge in [-0.15, -0.1) is 11.3 Å². The van der Waals surface area contributed by atoms with E-state index in [4.69, 9.17) is 11.5 Å². The lowest BCUT2D eigenvalue weighted by Gasteiger charge is -2.35. The number of nitrogens with two attached hydrogens (primary N) is 2. The van der Waals surface area contributed by atoms with Gasteiger partial charge < -0.3 is 16.8 Å². The molecule has 1 aromatic rings. The molecule has 0 aromatic carbocycles. The summed E-state index contributed by atoms with van der Waals surface area (Å²) in [7, 11) is 0. The molecule has 0 radical (unpaired) electrons. The van der Waals surface area contributed by atoms with Crippen LogP contribution in [-0.4, -0.2) is 42.4 Å². The fourth-order valence-electron chi connectivity index (χ4n) is 2.74. The van der Waals surface area contributed by atoms with Gasteiger partial charge in [-0.1, -0.05) is 6.42 Å². The molecular formula is C15H24N4O2S. The van der Waals surface area contributed by atoms with E-state index < -0.39 is 0 Å². The van der Waals surface area contributed by atoms with Crippen molar-refractivity contribution < 1.29 is 9.59 Å². The number of thiophene rings is 1. The number of hydrogen-bond donors (Lipinski definition) is 3. The summed E-state index contributed by atoms with van der Waals surface area (Å²) in [4.78, 5) is 26.2. The Hall–Kier alpha value is -1.44. The van der Waals surface area contributed by atoms with E-state index in [0.29, 0.717) is 31.1 Å². The molecule has 1 fully saturated rings. The van der Waals surface area contributed by atoms with Crippen LogP contribution >= 0.6 is 11.3 Å². The SMILES string of the molecule is NCCC(=O)NCC1CCCCN1Cc1cc(C(N)=O)cs1. The van der Waals surface area contributed by atoms with Gasteiger partial charge in [0.2, 0.25) is 11.8 Å². The van der Waals surface area contributed by atoms with E-state index in [1.54, 1.807) is 16.7 Å². The first kappa shape index (κ1) is 16.9. The molecule has 1 unspecified atom stereocenters. The molecule has 2 heterocycles. The maximum absolute atomic E-state index is 11.6. The molecule has 2 rings (SSSR count). The largest absolute Gasteiger partial charge is 0.366 e. The van der Waals surface area contributed by atoms with E-state index in [0.717, 1.165) is 24.4 Å². The Balaban J connectivity index is 1.91. The molecule has 7 heteroatoms. The summed E-state index contributed by atoms with van der Waals surface area (Å²) in [5.74, 6) is -0.369. The van der Waals surface area contributed by atoms with Gasteiger partial charge in [-0.2, -0.15) is 0 Å². The van der Waals surface area contributed by atoms with E-state index >= 15 is 0 Å². The van der Waals surface area contributed by atoms with E-state index in [1.165, 1.54) is 12.8 Å². The van der Waals surface area contributed by atoms with Gasteiger partial charge in [0.15, 0.2) is 0 Å². The Morgan fingerprint density at radius 1 is 1.41 bits per heavy atom. The zero-order valence-corrected chi connectivity index (χ0v) is 13.5. The van der Waals surface area contributed by atoms with Crippen molar-refractivity contribution in [2.24, 2.45) is 11.5 Å².